The van der Waals surface area contributed by atoms with Crippen molar-refractivity contribution in [3.8, 4) is 11.4 Å². The van der Waals surface area contributed by atoms with Gasteiger partial charge in [0.2, 0.25) is 0 Å². The van der Waals surface area contributed by atoms with Gasteiger partial charge in [-0.3, -0.25) is 16.0 Å². The molecule has 1 saturated heterocycles. The highest BCUT2D eigenvalue weighted by atomic mass is 16.3. The number of benzene rings is 8. The molecule has 2 atom stereocenters. The molecule has 11 aromatic rings. The number of nitrogens with one attached hydrogen (secondary N) is 3. The van der Waals surface area contributed by atoms with Crippen LogP contribution in [0.4, 0.5) is 0 Å². The van der Waals surface area contributed by atoms with Gasteiger partial charge in [0.15, 0.2) is 0 Å². The van der Waals surface area contributed by atoms with Gasteiger partial charge in [-0.25, -0.2) is 0 Å². The van der Waals surface area contributed by atoms with Gasteiger partial charge in [0.25, 0.3) is 0 Å². The number of hydrogen-bond acceptors (Lipinski definition) is 4. The molecule has 2 unspecified atom stereocenters. The molecule has 0 amide bonds. The normalized spacial score (nSPS) is 17.4. The third-order valence-electron chi connectivity index (χ3n) is 11.8. The summed E-state index contributed by atoms with van der Waals surface area (Å²) in [6, 6.07) is 67.2. The first kappa shape index (κ1) is 32.3. The summed E-state index contributed by atoms with van der Waals surface area (Å²) in [5.41, 5.74) is 12.2. The molecule has 1 aliphatic rings. The highest BCUT2D eigenvalue weighted by Crippen LogP contribution is 2.46. The van der Waals surface area contributed by atoms with E-state index in [0.717, 1.165) is 66.3 Å². The smallest absolute Gasteiger partial charge is 0.145 e. The van der Waals surface area contributed by atoms with E-state index in [4.69, 9.17) is 4.42 Å². The molecule has 3 N–H and O–H groups in total. The molecule has 3 aromatic heterocycles. The van der Waals surface area contributed by atoms with Crippen molar-refractivity contribution in [2.45, 2.75) is 18.5 Å². The SMILES string of the molecule is c1ccc(C2NC(c3ccccc3)NC(c3cccc(-n4c5ccccc5c5c6c7c8oc9ccccc9c8ccc7n(-c7ccccc7)c6ccc54)c3)N2)cc1. The second-order valence-electron chi connectivity index (χ2n) is 15.0. The lowest BCUT2D eigenvalue weighted by molar-refractivity contribution is 0.203. The zero-order valence-corrected chi connectivity index (χ0v) is 30.9. The molecule has 0 spiro atoms. The maximum Gasteiger partial charge on any atom is 0.145 e. The van der Waals surface area contributed by atoms with Crippen LogP contribution in [0, 0.1) is 0 Å². The Balaban J connectivity index is 1.09. The molecule has 4 heterocycles. The number of aromatic nitrogens is 2. The second-order valence-corrected chi connectivity index (χ2v) is 15.0. The highest BCUT2D eigenvalue weighted by Gasteiger charge is 2.30. The minimum Gasteiger partial charge on any atom is -0.455 e. The Labute approximate surface area is 328 Å². The quantitative estimate of drug-likeness (QED) is 0.165. The van der Waals surface area contributed by atoms with E-state index in [1.165, 1.54) is 27.3 Å². The van der Waals surface area contributed by atoms with Crippen LogP contribution in [0.2, 0.25) is 0 Å². The Morgan fingerprint density at radius 3 is 1.58 bits per heavy atom. The molecular formula is C51H37N5O. The third kappa shape index (κ3) is 5.02. The average Bonchev–Trinajstić information content (AvgIpc) is 3.95. The number of nitrogens with zero attached hydrogens (tertiary/aromatic N) is 2. The predicted molar refractivity (Wildman–Crippen MR) is 233 cm³/mol. The van der Waals surface area contributed by atoms with E-state index in [-0.39, 0.29) is 18.5 Å². The lowest BCUT2D eigenvalue weighted by atomic mass is 10.0. The molecule has 0 saturated carbocycles. The summed E-state index contributed by atoms with van der Waals surface area (Å²) in [6.45, 7) is 0. The van der Waals surface area contributed by atoms with Gasteiger partial charge >= 0.3 is 0 Å². The van der Waals surface area contributed by atoms with Crippen LogP contribution < -0.4 is 16.0 Å². The Morgan fingerprint density at radius 1 is 0.351 bits per heavy atom. The van der Waals surface area contributed by atoms with Gasteiger partial charge in [0.05, 0.1) is 46.0 Å². The van der Waals surface area contributed by atoms with Crippen LogP contribution in [0.3, 0.4) is 0 Å². The molecule has 0 aliphatic carbocycles. The maximum absolute atomic E-state index is 6.80. The van der Waals surface area contributed by atoms with Crippen molar-refractivity contribution in [2.24, 2.45) is 0 Å². The van der Waals surface area contributed by atoms with E-state index in [1.54, 1.807) is 0 Å². The lowest BCUT2D eigenvalue weighted by Gasteiger charge is -2.39. The Bertz CT molecular complexity index is 3240. The fraction of sp³-hybridized carbons (Fsp3) is 0.0588. The van der Waals surface area contributed by atoms with E-state index < -0.39 is 0 Å². The van der Waals surface area contributed by atoms with Gasteiger partial charge in [-0.2, -0.15) is 0 Å². The van der Waals surface area contributed by atoms with Crippen molar-refractivity contribution in [3.05, 3.63) is 205 Å². The van der Waals surface area contributed by atoms with Crippen LogP contribution in [0.25, 0.3) is 76.9 Å². The summed E-state index contributed by atoms with van der Waals surface area (Å²) in [4.78, 5) is 0. The minimum atomic E-state index is -0.119. The highest BCUT2D eigenvalue weighted by molar-refractivity contribution is 6.33. The van der Waals surface area contributed by atoms with Crippen LogP contribution in [-0.2, 0) is 0 Å². The summed E-state index contributed by atoms with van der Waals surface area (Å²) < 4.78 is 11.6. The molecule has 12 rings (SSSR count). The maximum atomic E-state index is 6.80. The van der Waals surface area contributed by atoms with Crippen LogP contribution in [0.5, 0.6) is 0 Å². The Morgan fingerprint density at radius 2 is 0.860 bits per heavy atom. The zero-order chi connectivity index (χ0) is 37.5. The van der Waals surface area contributed by atoms with Crippen LogP contribution in [0.1, 0.15) is 35.2 Å². The summed E-state index contributed by atoms with van der Waals surface area (Å²) >= 11 is 0. The van der Waals surface area contributed by atoms with Gasteiger partial charge in [0, 0.05) is 38.3 Å². The largest absolute Gasteiger partial charge is 0.455 e. The van der Waals surface area contributed by atoms with Crippen LogP contribution >= 0.6 is 0 Å². The van der Waals surface area contributed by atoms with E-state index >= 15 is 0 Å². The standard InChI is InChI=1S/C51H37N5O/c1-4-15-32(16-5-1)49-52-50(33-17-6-2-7-18-33)54-51(53-49)34-19-14-22-36(31-34)56-40-25-12-10-24-39(40)45-41(56)29-30-42-46(45)47-43(55(42)35-20-8-3-9-21-35)28-27-38-37-23-11-13-26-44(37)57-48(38)47/h1-31,49-54H. The molecular weight excluding hydrogens is 699 g/mol. The summed E-state index contributed by atoms with van der Waals surface area (Å²) in [5, 5.41) is 18.6. The summed E-state index contributed by atoms with van der Waals surface area (Å²) in [7, 11) is 0. The predicted octanol–water partition coefficient (Wildman–Crippen LogP) is 12.0. The fourth-order valence-electron chi connectivity index (χ4n) is 9.31. The molecule has 272 valence electrons. The molecule has 0 bridgehead atoms. The monoisotopic (exact) mass is 735 g/mol. The number of rotatable bonds is 5. The van der Waals surface area contributed by atoms with Gasteiger partial charge < -0.3 is 13.6 Å². The van der Waals surface area contributed by atoms with Crippen LogP contribution in [-0.4, -0.2) is 9.13 Å². The first-order valence-electron chi connectivity index (χ1n) is 19.6. The molecule has 1 aliphatic heterocycles. The fourth-order valence-corrected chi connectivity index (χ4v) is 9.31. The number of para-hydroxylation sites is 3. The van der Waals surface area contributed by atoms with E-state index in [1.807, 2.05) is 6.07 Å². The number of furan rings is 1. The van der Waals surface area contributed by atoms with Crippen molar-refractivity contribution in [2.75, 3.05) is 0 Å². The molecule has 6 nitrogen and oxygen atoms in total. The Hall–Kier alpha value is -6.96. The van der Waals surface area contributed by atoms with Crippen molar-refractivity contribution in [1.82, 2.24) is 25.1 Å². The van der Waals surface area contributed by atoms with E-state index in [0.29, 0.717) is 0 Å². The van der Waals surface area contributed by atoms with Gasteiger partial charge in [0.1, 0.15) is 11.2 Å². The summed E-state index contributed by atoms with van der Waals surface area (Å²) in [5.74, 6) is 0. The van der Waals surface area contributed by atoms with Crippen molar-refractivity contribution >= 4 is 65.6 Å². The first-order chi connectivity index (χ1) is 28.3. The first-order valence-corrected chi connectivity index (χ1v) is 19.6. The van der Waals surface area contributed by atoms with Crippen molar-refractivity contribution in [1.29, 1.82) is 0 Å². The summed E-state index contributed by atoms with van der Waals surface area (Å²) in [6.07, 6.45) is -0.221. The molecule has 6 heteroatoms. The molecule has 1 fully saturated rings. The Kier molecular flexibility index (Phi) is 7.25. The third-order valence-corrected chi connectivity index (χ3v) is 11.8. The van der Waals surface area contributed by atoms with Crippen molar-refractivity contribution < 1.29 is 4.42 Å². The minimum absolute atomic E-state index is 0.0511. The van der Waals surface area contributed by atoms with Gasteiger partial charge in [-0.15, -0.1) is 0 Å². The van der Waals surface area contributed by atoms with Crippen LogP contribution in [0.15, 0.2) is 192 Å². The zero-order valence-electron chi connectivity index (χ0n) is 30.9. The second kappa shape index (κ2) is 12.8. The average molecular weight is 736 g/mol. The molecule has 57 heavy (non-hydrogen) atoms. The molecule has 8 aromatic carbocycles. The van der Waals surface area contributed by atoms with E-state index in [9.17, 15) is 0 Å². The number of hydrogen-bond donors (Lipinski definition) is 3. The van der Waals surface area contributed by atoms with Gasteiger partial charge in [-0.05, 0) is 77.4 Å². The van der Waals surface area contributed by atoms with E-state index in [2.05, 4.69) is 207 Å². The molecule has 0 radical (unpaired) electrons. The topological polar surface area (TPSA) is 59.1 Å². The van der Waals surface area contributed by atoms with Gasteiger partial charge in [-0.1, -0.05) is 127 Å². The van der Waals surface area contributed by atoms with Crippen molar-refractivity contribution in [3.63, 3.8) is 0 Å². The lowest BCUT2D eigenvalue weighted by Crippen LogP contribution is -2.54. The number of fused-ring (bicyclic) bond motifs is 11.